The van der Waals surface area contributed by atoms with Gasteiger partial charge in [0, 0.05) is 24.5 Å². The van der Waals surface area contributed by atoms with Crippen molar-refractivity contribution in [3.63, 3.8) is 0 Å². The molecule has 0 heterocycles. The van der Waals surface area contributed by atoms with E-state index >= 15 is 0 Å². The predicted octanol–water partition coefficient (Wildman–Crippen LogP) is 5.88. The van der Waals surface area contributed by atoms with E-state index in [-0.39, 0.29) is 5.57 Å². The van der Waals surface area contributed by atoms with Crippen molar-refractivity contribution in [2.24, 2.45) is 0 Å². The monoisotopic (exact) mass is 409 g/mol. The number of nitriles is 1. The molecule has 0 spiro atoms. The Bertz CT molecular complexity index is 1090. The molecule has 0 saturated carbocycles. The lowest BCUT2D eigenvalue weighted by atomic mass is 10.1. The van der Waals surface area contributed by atoms with Crippen LogP contribution in [-0.2, 0) is 11.3 Å². The number of benzene rings is 3. The number of rotatable bonds is 7. The first-order valence-corrected chi connectivity index (χ1v) is 10.4. The number of aryl methyl sites for hydroxylation is 2. The smallest absolute Gasteiger partial charge is 0.266 e. The molecule has 3 aromatic rings. The van der Waals surface area contributed by atoms with E-state index in [0.717, 1.165) is 41.2 Å². The molecule has 0 fully saturated rings. The van der Waals surface area contributed by atoms with Crippen LogP contribution in [0, 0.1) is 25.2 Å². The highest BCUT2D eigenvalue weighted by Crippen LogP contribution is 2.22. The normalized spacial score (nSPS) is 11.0. The van der Waals surface area contributed by atoms with Gasteiger partial charge < -0.3 is 10.2 Å². The Morgan fingerprint density at radius 2 is 1.61 bits per heavy atom. The second kappa shape index (κ2) is 10.3. The van der Waals surface area contributed by atoms with E-state index in [0.29, 0.717) is 0 Å². The molecule has 0 aliphatic carbocycles. The molecule has 4 nitrogen and oxygen atoms in total. The van der Waals surface area contributed by atoms with Gasteiger partial charge in [0.15, 0.2) is 0 Å². The summed E-state index contributed by atoms with van der Waals surface area (Å²) in [5, 5.41) is 12.4. The molecule has 3 rings (SSSR count). The van der Waals surface area contributed by atoms with Crippen molar-refractivity contribution >= 4 is 23.4 Å². The lowest BCUT2D eigenvalue weighted by Gasteiger charge is -2.23. The summed E-state index contributed by atoms with van der Waals surface area (Å²) in [6.45, 7) is 7.71. The van der Waals surface area contributed by atoms with E-state index in [1.807, 2.05) is 80.6 Å². The zero-order chi connectivity index (χ0) is 22.2. The van der Waals surface area contributed by atoms with Crippen molar-refractivity contribution in [2.75, 3.05) is 16.8 Å². The van der Waals surface area contributed by atoms with Gasteiger partial charge in [-0.2, -0.15) is 5.26 Å². The largest absolute Gasteiger partial charge is 0.367 e. The van der Waals surface area contributed by atoms with E-state index in [1.54, 1.807) is 6.08 Å². The molecule has 4 heteroatoms. The average molecular weight is 410 g/mol. The van der Waals surface area contributed by atoms with Crippen molar-refractivity contribution in [1.82, 2.24) is 0 Å². The molecule has 1 amide bonds. The minimum absolute atomic E-state index is 0.0760. The van der Waals surface area contributed by atoms with Gasteiger partial charge >= 0.3 is 0 Å². The summed E-state index contributed by atoms with van der Waals surface area (Å²) in [5.41, 5.74) is 5.93. The molecular weight excluding hydrogens is 382 g/mol. The molecule has 0 saturated heterocycles. The fourth-order valence-electron chi connectivity index (χ4n) is 3.48. The number of hydrogen-bond donors (Lipinski definition) is 1. The van der Waals surface area contributed by atoms with Crippen LogP contribution in [0.15, 0.2) is 78.4 Å². The first-order valence-electron chi connectivity index (χ1n) is 10.4. The van der Waals surface area contributed by atoms with Crippen LogP contribution in [0.25, 0.3) is 6.08 Å². The van der Waals surface area contributed by atoms with Crippen molar-refractivity contribution in [2.45, 2.75) is 27.3 Å². The number of para-hydroxylation sites is 1. The Labute approximate surface area is 184 Å². The summed E-state index contributed by atoms with van der Waals surface area (Å²) in [4.78, 5) is 14.9. The van der Waals surface area contributed by atoms with Crippen LogP contribution in [0.5, 0.6) is 0 Å². The first-order chi connectivity index (χ1) is 15.0. The van der Waals surface area contributed by atoms with Gasteiger partial charge in [-0.05, 0) is 61.2 Å². The van der Waals surface area contributed by atoms with Gasteiger partial charge in [0.2, 0.25) is 0 Å². The molecule has 3 aromatic carbocycles. The van der Waals surface area contributed by atoms with Crippen LogP contribution in [-0.4, -0.2) is 12.5 Å². The first kappa shape index (κ1) is 21.9. The second-order valence-corrected chi connectivity index (χ2v) is 7.48. The molecular formula is C27H27N3O. The predicted molar refractivity (Wildman–Crippen MR) is 128 cm³/mol. The van der Waals surface area contributed by atoms with E-state index < -0.39 is 5.91 Å². The average Bonchev–Trinajstić information content (AvgIpc) is 2.79. The number of nitrogens with one attached hydrogen (secondary N) is 1. The Kier molecular flexibility index (Phi) is 7.24. The molecule has 31 heavy (non-hydrogen) atoms. The van der Waals surface area contributed by atoms with Crippen molar-refractivity contribution in [3.8, 4) is 6.07 Å². The Hall–Kier alpha value is -3.84. The molecule has 0 bridgehead atoms. The number of nitrogens with zero attached hydrogens (tertiary/aromatic N) is 2. The highest BCUT2D eigenvalue weighted by molar-refractivity contribution is 6.10. The minimum Gasteiger partial charge on any atom is -0.367 e. The summed E-state index contributed by atoms with van der Waals surface area (Å²) in [6.07, 6.45) is 1.63. The summed E-state index contributed by atoms with van der Waals surface area (Å²) in [6, 6.07) is 26.1. The number of anilines is 2. The van der Waals surface area contributed by atoms with Gasteiger partial charge in [-0.1, -0.05) is 60.7 Å². The Balaban J connectivity index is 1.75. The van der Waals surface area contributed by atoms with Crippen LogP contribution in [0.4, 0.5) is 11.4 Å². The van der Waals surface area contributed by atoms with Crippen LogP contribution in [0.3, 0.4) is 0 Å². The van der Waals surface area contributed by atoms with Gasteiger partial charge in [0.05, 0.1) is 0 Å². The third-order valence-corrected chi connectivity index (χ3v) is 5.25. The Morgan fingerprint density at radius 3 is 2.19 bits per heavy atom. The topological polar surface area (TPSA) is 56.1 Å². The molecule has 0 radical (unpaired) electrons. The van der Waals surface area contributed by atoms with Gasteiger partial charge in [-0.15, -0.1) is 0 Å². The van der Waals surface area contributed by atoms with Crippen LogP contribution in [0.1, 0.15) is 29.2 Å². The molecule has 0 aliphatic rings. The summed E-state index contributed by atoms with van der Waals surface area (Å²) < 4.78 is 0. The summed E-state index contributed by atoms with van der Waals surface area (Å²) >= 11 is 0. The molecule has 0 atom stereocenters. The number of hydrogen-bond acceptors (Lipinski definition) is 3. The van der Waals surface area contributed by atoms with E-state index in [4.69, 9.17) is 0 Å². The SMILES string of the molecule is CCN(Cc1ccccc1)c1ccc(/C=C(/C#N)C(=O)Nc2c(C)cccc2C)cc1. The van der Waals surface area contributed by atoms with Crippen molar-refractivity contribution < 1.29 is 4.79 Å². The molecule has 0 aliphatic heterocycles. The maximum Gasteiger partial charge on any atom is 0.266 e. The quantitative estimate of drug-likeness (QED) is 0.392. The highest BCUT2D eigenvalue weighted by atomic mass is 16.1. The third kappa shape index (κ3) is 5.61. The van der Waals surface area contributed by atoms with E-state index in [1.165, 1.54) is 5.56 Å². The summed E-state index contributed by atoms with van der Waals surface area (Å²) in [5.74, 6) is -0.400. The zero-order valence-corrected chi connectivity index (χ0v) is 18.2. The molecule has 1 N–H and O–H groups in total. The lowest BCUT2D eigenvalue weighted by molar-refractivity contribution is -0.112. The van der Waals surface area contributed by atoms with E-state index in [9.17, 15) is 10.1 Å². The van der Waals surface area contributed by atoms with Crippen LogP contribution in [0.2, 0.25) is 0 Å². The second-order valence-electron chi connectivity index (χ2n) is 7.48. The fraction of sp³-hybridized carbons (Fsp3) is 0.185. The molecule has 0 unspecified atom stereocenters. The third-order valence-electron chi connectivity index (χ3n) is 5.25. The van der Waals surface area contributed by atoms with Gasteiger partial charge in [-0.25, -0.2) is 0 Å². The highest BCUT2D eigenvalue weighted by Gasteiger charge is 2.12. The van der Waals surface area contributed by atoms with Crippen molar-refractivity contribution in [1.29, 1.82) is 5.26 Å². The maximum absolute atomic E-state index is 12.7. The standard InChI is InChI=1S/C27H27N3O/c1-4-30(19-23-11-6-5-7-12-23)25-15-13-22(14-16-25)17-24(18-28)27(31)29-26-20(2)9-8-10-21(26)3/h5-17H,4,19H2,1-3H3,(H,29,31)/b24-17-. The maximum atomic E-state index is 12.7. The zero-order valence-electron chi connectivity index (χ0n) is 18.2. The number of carbonyl (C=O) groups is 1. The minimum atomic E-state index is -0.400. The van der Waals surface area contributed by atoms with Gasteiger partial charge in [0.1, 0.15) is 11.6 Å². The lowest BCUT2D eigenvalue weighted by Crippen LogP contribution is -2.21. The fourth-order valence-corrected chi connectivity index (χ4v) is 3.48. The van der Waals surface area contributed by atoms with Crippen LogP contribution >= 0.6 is 0 Å². The number of carbonyl (C=O) groups excluding carboxylic acids is 1. The molecule has 156 valence electrons. The number of amides is 1. The summed E-state index contributed by atoms with van der Waals surface area (Å²) in [7, 11) is 0. The Morgan fingerprint density at radius 1 is 0.968 bits per heavy atom. The van der Waals surface area contributed by atoms with Crippen LogP contribution < -0.4 is 10.2 Å². The van der Waals surface area contributed by atoms with Gasteiger partial charge in [-0.3, -0.25) is 4.79 Å². The van der Waals surface area contributed by atoms with E-state index in [2.05, 4.69) is 29.3 Å². The van der Waals surface area contributed by atoms with Gasteiger partial charge in [0.25, 0.3) is 5.91 Å². The van der Waals surface area contributed by atoms with Crippen molar-refractivity contribution in [3.05, 3.63) is 101 Å². The molecule has 0 aromatic heterocycles.